The van der Waals surface area contributed by atoms with Crippen molar-refractivity contribution in [1.82, 2.24) is 15.1 Å². The van der Waals surface area contributed by atoms with Gasteiger partial charge in [-0.25, -0.2) is 0 Å². The molecule has 3 heterocycles. The molecule has 1 saturated heterocycles. The summed E-state index contributed by atoms with van der Waals surface area (Å²) in [5.74, 6) is -0.294. The highest BCUT2D eigenvalue weighted by Gasteiger charge is 2.28. The minimum Gasteiger partial charge on any atom is -0.388 e. The number of aromatic nitrogens is 2. The maximum Gasteiger partial charge on any atom is 0.272 e. The summed E-state index contributed by atoms with van der Waals surface area (Å²) in [4.78, 5) is 13.2. The summed E-state index contributed by atoms with van der Waals surface area (Å²) in [7, 11) is 1.80. The van der Waals surface area contributed by atoms with Crippen molar-refractivity contribution >= 4 is 17.2 Å². The highest BCUT2D eigenvalue weighted by Crippen LogP contribution is 2.24. The number of nitrogens with one attached hydrogen (secondary N) is 1. The number of hydrogen-bond acceptors (Lipinski definition) is 5. The van der Waals surface area contributed by atoms with Gasteiger partial charge in [0.25, 0.3) is 5.91 Å². The maximum atomic E-state index is 12.1. The van der Waals surface area contributed by atoms with E-state index in [4.69, 9.17) is 4.74 Å². The van der Waals surface area contributed by atoms with Crippen LogP contribution >= 0.6 is 11.3 Å². The summed E-state index contributed by atoms with van der Waals surface area (Å²) in [5.41, 5.74) is 1.24. The van der Waals surface area contributed by atoms with E-state index >= 15 is 0 Å². The van der Waals surface area contributed by atoms with Gasteiger partial charge in [-0.05, 0) is 17.5 Å². The number of hydrogen-bond donors (Lipinski definition) is 2. The lowest BCUT2D eigenvalue weighted by Crippen LogP contribution is -2.42. The smallest absolute Gasteiger partial charge is 0.272 e. The molecule has 0 unspecified atom stereocenters. The average molecular weight is 293 g/mol. The summed E-state index contributed by atoms with van der Waals surface area (Å²) in [6, 6.07) is 5.33. The molecule has 0 spiro atoms. The quantitative estimate of drug-likeness (QED) is 0.870. The third kappa shape index (κ3) is 2.47. The molecule has 1 fully saturated rings. The zero-order chi connectivity index (χ0) is 14.1. The highest BCUT2D eigenvalue weighted by atomic mass is 32.1. The monoisotopic (exact) mass is 293 g/mol. The van der Waals surface area contributed by atoms with Crippen LogP contribution in [0.25, 0.3) is 10.6 Å². The van der Waals surface area contributed by atoms with Crippen LogP contribution in [0.15, 0.2) is 23.6 Å². The molecule has 2 atom stereocenters. The molecular weight excluding hydrogens is 278 g/mol. The summed E-state index contributed by atoms with van der Waals surface area (Å²) in [6.45, 7) is 0.588. The summed E-state index contributed by atoms with van der Waals surface area (Å²) in [6.07, 6.45) is -0.653. The first-order valence-electron chi connectivity index (χ1n) is 6.30. The van der Waals surface area contributed by atoms with Crippen LogP contribution in [-0.4, -0.2) is 46.2 Å². The number of carbonyl (C=O) groups is 1. The normalized spacial score (nSPS) is 22.1. The molecule has 0 aliphatic carbocycles. The van der Waals surface area contributed by atoms with Crippen LogP contribution in [0.3, 0.4) is 0 Å². The SMILES string of the molecule is Cn1nc(C(=O)N[C@@H]2COC[C@H]2O)cc1-c1cccs1. The number of nitrogens with zero attached hydrogens (tertiary/aromatic N) is 2. The number of aliphatic hydroxyl groups excluding tert-OH is 1. The van der Waals surface area contributed by atoms with E-state index in [-0.39, 0.29) is 18.6 Å². The molecule has 106 valence electrons. The molecule has 6 nitrogen and oxygen atoms in total. The van der Waals surface area contributed by atoms with E-state index in [0.717, 1.165) is 10.6 Å². The van der Waals surface area contributed by atoms with Crippen LogP contribution in [0.1, 0.15) is 10.5 Å². The number of carbonyl (C=O) groups excluding carboxylic acids is 1. The molecule has 2 N–H and O–H groups in total. The van der Waals surface area contributed by atoms with Gasteiger partial charge in [0.05, 0.1) is 35.9 Å². The Balaban J connectivity index is 1.77. The van der Waals surface area contributed by atoms with Gasteiger partial charge in [-0.15, -0.1) is 11.3 Å². The van der Waals surface area contributed by atoms with E-state index in [9.17, 15) is 9.90 Å². The molecule has 0 radical (unpaired) electrons. The highest BCUT2D eigenvalue weighted by molar-refractivity contribution is 7.13. The molecular formula is C13H15N3O3S. The van der Waals surface area contributed by atoms with Gasteiger partial charge >= 0.3 is 0 Å². The molecule has 0 bridgehead atoms. The lowest BCUT2D eigenvalue weighted by atomic mass is 10.2. The van der Waals surface area contributed by atoms with E-state index in [1.54, 1.807) is 29.1 Å². The molecule has 20 heavy (non-hydrogen) atoms. The predicted octanol–water partition coefficient (Wildman–Crippen LogP) is 0.638. The number of ether oxygens (including phenoxy) is 1. The molecule has 1 aliphatic heterocycles. The Morgan fingerprint density at radius 3 is 3.10 bits per heavy atom. The van der Waals surface area contributed by atoms with Crippen molar-refractivity contribution in [2.24, 2.45) is 7.05 Å². The largest absolute Gasteiger partial charge is 0.388 e. The van der Waals surface area contributed by atoms with Crippen molar-refractivity contribution in [1.29, 1.82) is 0 Å². The van der Waals surface area contributed by atoms with Crippen molar-refractivity contribution in [3.05, 3.63) is 29.3 Å². The topological polar surface area (TPSA) is 76.4 Å². The number of thiophene rings is 1. The third-order valence-electron chi connectivity index (χ3n) is 3.25. The lowest BCUT2D eigenvalue weighted by Gasteiger charge is -2.13. The first kappa shape index (κ1) is 13.3. The standard InChI is InChI=1S/C13H15N3O3S/c1-16-10(12-3-2-4-20-12)5-8(15-16)13(18)14-9-6-19-7-11(9)17/h2-5,9,11,17H,6-7H2,1H3,(H,14,18)/t9-,11-/m1/s1. The van der Waals surface area contributed by atoms with Crippen molar-refractivity contribution < 1.29 is 14.6 Å². The van der Waals surface area contributed by atoms with Crippen molar-refractivity contribution in [3.8, 4) is 10.6 Å². The Morgan fingerprint density at radius 2 is 2.45 bits per heavy atom. The lowest BCUT2D eigenvalue weighted by molar-refractivity contribution is 0.0881. The number of amides is 1. The number of rotatable bonds is 3. The Labute approximate surface area is 120 Å². The van der Waals surface area contributed by atoms with Crippen molar-refractivity contribution in [2.45, 2.75) is 12.1 Å². The fourth-order valence-corrected chi connectivity index (χ4v) is 2.93. The molecule has 1 aliphatic rings. The van der Waals surface area contributed by atoms with Crippen molar-refractivity contribution in [2.75, 3.05) is 13.2 Å². The molecule has 2 aromatic rings. The molecule has 0 aromatic carbocycles. The van der Waals surface area contributed by atoms with E-state index in [2.05, 4.69) is 10.4 Å². The van der Waals surface area contributed by atoms with Crippen LogP contribution in [0.2, 0.25) is 0 Å². The third-order valence-corrected chi connectivity index (χ3v) is 4.15. The second-order valence-corrected chi connectivity index (χ2v) is 5.65. The van der Waals surface area contributed by atoms with Crippen LogP contribution in [-0.2, 0) is 11.8 Å². The predicted molar refractivity (Wildman–Crippen MR) is 74.6 cm³/mol. The Hall–Kier alpha value is -1.70. The first-order chi connectivity index (χ1) is 9.65. The maximum absolute atomic E-state index is 12.1. The van der Waals surface area contributed by atoms with Gasteiger partial charge < -0.3 is 15.2 Å². The fraction of sp³-hybridized carbons (Fsp3) is 0.385. The van der Waals surface area contributed by atoms with Gasteiger partial charge in [-0.1, -0.05) is 6.07 Å². The Bertz CT molecular complexity index is 608. The van der Waals surface area contributed by atoms with Gasteiger partial charge in [0, 0.05) is 7.05 Å². The average Bonchev–Trinajstić information content (AvgIpc) is 3.11. The number of aliphatic hydroxyl groups is 1. The van der Waals surface area contributed by atoms with Gasteiger partial charge in [-0.2, -0.15) is 5.10 Å². The van der Waals surface area contributed by atoms with E-state index in [1.807, 2.05) is 17.5 Å². The van der Waals surface area contributed by atoms with E-state index in [1.165, 1.54) is 0 Å². The van der Waals surface area contributed by atoms with E-state index < -0.39 is 6.10 Å². The van der Waals surface area contributed by atoms with Crippen LogP contribution in [0, 0.1) is 0 Å². The van der Waals surface area contributed by atoms with Crippen molar-refractivity contribution in [3.63, 3.8) is 0 Å². The number of aryl methyl sites for hydroxylation is 1. The minimum absolute atomic E-state index is 0.258. The van der Waals surface area contributed by atoms with Crippen LogP contribution in [0.5, 0.6) is 0 Å². The zero-order valence-corrected chi connectivity index (χ0v) is 11.8. The summed E-state index contributed by atoms with van der Waals surface area (Å²) < 4.78 is 6.79. The summed E-state index contributed by atoms with van der Waals surface area (Å²) in [5, 5.41) is 18.6. The Kier molecular flexibility index (Phi) is 3.56. The molecule has 1 amide bonds. The van der Waals surface area contributed by atoms with Gasteiger partial charge in [0.2, 0.25) is 0 Å². The molecule has 0 saturated carbocycles. The Morgan fingerprint density at radius 1 is 1.60 bits per heavy atom. The molecule has 7 heteroatoms. The second-order valence-electron chi connectivity index (χ2n) is 4.70. The first-order valence-corrected chi connectivity index (χ1v) is 7.17. The van der Waals surface area contributed by atoms with Gasteiger partial charge in [-0.3, -0.25) is 9.48 Å². The van der Waals surface area contributed by atoms with Gasteiger partial charge in [0.1, 0.15) is 0 Å². The summed E-state index contributed by atoms with van der Waals surface area (Å²) >= 11 is 1.60. The zero-order valence-electron chi connectivity index (χ0n) is 10.9. The van der Waals surface area contributed by atoms with E-state index in [0.29, 0.717) is 12.3 Å². The molecule has 3 rings (SSSR count). The van der Waals surface area contributed by atoms with Crippen LogP contribution < -0.4 is 5.32 Å². The van der Waals surface area contributed by atoms with Gasteiger partial charge in [0.15, 0.2) is 5.69 Å². The minimum atomic E-state index is -0.653. The fourth-order valence-electron chi connectivity index (χ4n) is 2.16. The van der Waals surface area contributed by atoms with Crippen LogP contribution in [0.4, 0.5) is 0 Å². The second kappa shape index (κ2) is 5.35. The molecule has 2 aromatic heterocycles.